The zero-order chi connectivity index (χ0) is 22.0. The predicted octanol–water partition coefficient (Wildman–Crippen LogP) is 1.54. The van der Waals surface area contributed by atoms with E-state index in [9.17, 15) is 14.4 Å². The molecule has 0 aliphatic carbocycles. The van der Waals surface area contributed by atoms with Crippen molar-refractivity contribution in [3.05, 3.63) is 52.2 Å². The Kier molecular flexibility index (Phi) is 5.90. The minimum atomic E-state index is -0.377. The lowest BCUT2D eigenvalue weighted by Gasteiger charge is -2.34. The van der Waals surface area contributed by atoms with E-state index in [0.717, 1.165) is 5.69 Å². The monoisotopic (exact) mass is 444 g/mol. The Balaban J connectivity index is 1.47. The van der Waals surface area contributed by atoms with Crippen LogP contribution in [0.4, 0.5) is 4.79 Å². The van der Waals surface area contributed by atoms with Gasteiger partial charge in [-0.3, -0.25) is 14.2 Å². The molecule has 3 heterocycles. The fraction of sp³-hybridized carbons (Fsp3) is 0.350. The number of rotatable bonds is 4. The van der Waals surface area contributed by atoms with Crippen molar-refractivity contribution in [2.45, 2.75) is 13.5 Å². The third-order valence-corrected chi connectivity index (χ3v) is 5.34. The van der Waals surface area contributed by atoms with Crippen molar-refractivity contribution in [1.29, 1.82) is 0 Å². The summed E-state index contributed by atoms with van der Waals surface area (Å²) in [5.41, 5.74) is 0.780. The standard InChI is InChI=1S/C20H21ClN6O4/c1-2-31-20(30)25-9-7-24(8-10-25)17(28)12-26-13-22-18-16(19(26)29)11-23-27(18)15-5-3-14(21)4-6-15/h3-6,11,13H,2,7-10,12H2,1H3. The molecule has 10 nitrogen and oxygen atoms in total. The minimum absolute atomic E-state index is 0.132. The number of hydrogen-bond acceptors (Lipinski definition) is 6. The predicted molar refractivity (Wildman–Crippen MR) is 113 cm³/mol. The number of ether oxygens (including phenoxy) is 1. The van der Waals surface area contributed by atoms with Gasteiger partial charge in [-0.05, 0) is 31.2 Å². The van der Waals surface area contributed by atoms with E-state index in [2.05, 4.69) is 10.1 Å². The highest BCUT2D eigenvalue weighted by Gasteiger charge is 2.25. The van der Waals surface area contributed by atoms with Gasteiger partial charge in [-0.2, -0.15) is 5.10 Å². The molecule has 1 saturated heterocycles. The van der Waals surface area contributed by atoms with Crippen LogP contribution in [0.3, 0.4) is 0 Å². The second-order valence-corrected chi connectivity index (χ2v) is 7.45. The van der Waals surface area contributed by atoms with Crippen LogP contribution in [0.2, 0.25) is 5.02 Å². The average molecular weight is 445 g/mol. The molecular formula is C20H21ClN6O4. The summed E-state index contributed by atoms with van der Waals surface area (Å²) in [6, 6.07) is 7.01. The van der Waals surface area contributed by atoms with Crippen molar-refractivity contribution >= 4 is 34.6 Å². The van der Waals surface area contributed by atoms with Gasteiger partial charge >= 0.3 is 6.09 Å². The molecule has 0 saturated carbocycles. The Morgan fingerprint density at radius 1 is 1.10 bits per heavy atom. The number of carbonyl (C=O) groups excluding carboxylic acids is 2. The summed E-state index contributed by atoms with van der Waals surface area (Å²) in [5, 5.41) is 5.17. The normalized spacial score (nSPS) is 14.1. The molecule has 1 aliphatic rings. The Morgan fingerprint density at radius 3 is 2.45 bits per heavy atom. The molecule has 1 aromatic carbocycles. The van der Waals surface area contributed by atoms with Gasteiger partial charge in [0.15, 0.2) is 5.65 Å². The molecule has 4 rings (SSSR count). The first-order chi connectivity index (χ1) is 15.0. The number of hydrogen-bond donors (Lipinski definition) is 0. The highest BCUT2D eigenvalue weighted by molar-refractivity contribution is 6.30. The molecule has 1 fully saturated rings. The summed E-state index contributed by atoms with van der Waals surface area (Å²) in [4.78, 5) is 44.9. The maximum atomic E-state index is 12.9. The van der Waals surface area contributed by atoms with Crippen molar-refractivity contribution in [1.82, 2.24) is 29.1 Å². The molecular weight excluding hydrogens is 424 g/mol. The lowest BCUT2D eigenvalue weighted by Crippen LogP contribution is -2.51. The Labute approximate surface area is 182 Å². The molecule has 3 aromatic rings. The van der Waals surface area contributed by atoms with Gasteiger partial charge in [0.25, 0.3) is 5.56 Å². The second kappa shape index (κ2) is 8.76. The van der Waals surface area contributed by atoms with E-state index in [-0.39, 0.29) is 24.1 Å². The Morgan fingerprint density at radius 2 is 1.77 bits per heavy atom. The number of carbonyl (C=O) groups is 2. The molecule has 2 aromatic heterocycles. The summed E-state index contributed by atoms with van der Waals surface area (Å²) in [6.07, 6.45) is 2.42. The maximum absolute atomic E-state index is 12.9. The number of piperazine rings is 1. The van der Waals surface area contributed by atoms with Crippen molar-refractivity contribution in [3.63, 3.8) is 0 Å². The van der Waals surface area contributed by atoms with Gasteiger partial charge in [-0.25, -0.2) is 14.5 Å². The number of nitrogens with zero attached hydrogens (tertiary/aromatic N) is 6. The van der Waals surface area contributed by atoms with Crippen LogP contribution in [0.25, 0.3) is 16.7 Å². The topological polar surface area (TPSA) is 103 Å². The molecule has 0 unspecified atom stereocenters. The van der Waals surface area contributed by atoms with E-state index in [4.69, 9.17) is 16.3 Å². The second-order valence-electron chi connectivity index (χ2n) is 7.01. The van der Waals surface area contributed by atoms with Crippen LogP contribution >= 0.6 is 11.6 Å². The van der Waals surface area contributed by atoms with E-state index in [0.29, 0.717) is 48.8 Å². The van der Waals surface area contributed by atoms with E-state index in [1.54, 1.807) is 45.7 Å². The molecule has 162 valence electrons. The summed E-state index contributed by atoms with van der Waals surface area (Å²) < 4.78 is 7.81. The van der Waals surface area contributed by atoms with E-state index in [1.165, 1.54) is 17.1 Å². The quantitative estimate of drug-likeness (QED) is 0.604. The zero-order valence-corrected chi connectivity index (χ0v) is 17.7. The van der Waals surface area contributed by atoms with Crippen molar-refractivity contribution in [2.24, 2.45) is 0 Å². The van der Waals surface area contributed by atoms with Crippen molar-refractivity contribution < 1.29 is 14.3 Å². The molecule has 11 heteroatoms. The van der Waals surface area contributed by atoms with Crippen LogP contribution < -0.4 is 5.56 Å². The van der Waals surface area contributed by atoms with Gasteiger partial charge in [0.05, 0.1) is 18.5 Å². The third kappa shape index (κ3) is 4.24. The van der Waals surface area contributed by atoms with Crippen molar-refractivity contribution in [2.75, 3.05) is 32.8 Å². The fourth-order valence-electron chi connectivity index (χ4n) is 3.43. The molecule has 2 amide bonds. The number of benzene rings is 1. The highest BCUT2D eigenvalue weighted by atomic mass is 35.5. The average Bonchev–Trinajstić information content (AvgIpc) is 3.21. The molecule has 0 atom stereocenters. The smallest absolute Gasteiger partial charge is 0.409 e. The maximum Gasteiger partial charge on any atom is 0.409 e. The molecule has 0 bridgehead atoms. The fourth-order valence-corrected chi connectivity index (χ4v) is 3.56. The van der Waals surface area contributed by atoms with Crippen LogP contribution in [0.5, 0.6) is 0 Å². The Bertz CT molecular complexity index is 1160. The van der Waals surface area contributed by atoms with Gasteiger partial charge in [0.1, 0.15) is 18.3 Å². The number of fused-ring (bicyclic) bond motifs is 1. The SMILES string of the molecule is CCOC(=O)N1CCN(C(=O)Cn2cnc3c(cnn3-c3ccc(Cl)cc3)c2=O)CC1. The molecule has 1 aliphatic heterocycles. The number of aromatic nitrogens is 4. The van der Waals surface area contributed by atoms with Crippen LogP contribution in [0.1, 0.15) is 6.92 Å². The van der Waals surface area contributed by atoms with Gasteiger partial charge in [-0.15, -0.1) is 0 Å². The first-order valence-electron chi connectivity index (χ1n) is 9.86. The zero-order valence-electron chi connectivity index (χ0n) is 16.9. The van der Waals surface area contributed by atoms with Crippen LogP contribution in [0.15, 0.2) is 41.6 Å². The number of amides is 2. The molecule has 31 heavy (non-hydrogen) atoms. The van der Waals surface area contributed by atoms with Crippen molar-refractivity contribution in [3.8, 4) is 5.69 Å². The van der Waals surface area contributed by atoms with E-state index >= 15 is 0 Å². The Hall–Kier alpha value is -3.40. The largest absolute Gasteiger partial charge is 0.450 e. The molecule has 0 radical (unpaired) electrons. The van der Waals surface area contributed by atoms with Crippen LogP contribution in [0, 0.1) is 0 Å². The first kappa shape index (κ1) is 20.9. The summed E-state index contributed by atoms with van der Waals surface area (Å²) in [7, 11) is 0. The van der Waals surface area contributed by atoms with Gasteiger partial charge in [-0.1, -0.05) is 11.6 Å². The molecule has 0 spiro atoms. The first-order valence-corrected chi connectivity index (χ1v) is 10.2. The summed E-state index contributed by atoms with van der Waals surface area (Å²) >= 11 is 5.93. The summed E-state index contributed by atoms with van der Waals surface area (Å²) in [6.45, 7) is 3.49. The van der Waals surface area contributed by atoms with Gasteiger partial charge in [0.2, 0.25) is 5.91 Å². The summed E-state index contributed by atoms with van der Waals surface area (Å²) in [5.74, 6) is -0.211. The number of halogens is 1. The third-order valence-electron chi connectivity index (χ3n) is 5.09. The van der Waals surface area contributed by atoms with E-state index < -0.39 is 0 Å². The van der Waals surface area contributed by atoms with Gasteiger partial charge in [0, 0.05) is 31.2 Å². The minimum Gasteiger partial charge on any atom is -0.450 e. The van der Waals surface area contributed by atoms with Crippen LogP contribution in [-0.4, -0.2) is 73.9 Å². The highest BCUT2D eigenvalue weighted by Crippen LogP contribution is 2.16. The van der Waals surface area contributed by atoms with Crippen LogP contribution in [-0.2, 0) is 16.1 Å². The molecule has 0 N–H and O–H groups in total. The van der Waals surface area contributed by atoms with Gasteiger partial charge < -0.3 is 14.5 Å². The lowest BCUT2D eigenvalue weighted by atomic mass is 10.3. The van der Waals surface area contributed by atoms with E-state index in [1.807, 2.05) is 0 Å². The lowest BCUT2D eigenvalue weighted by molar-refractivity contribution is -0.133.